The zero-order valence-electron chi connectivity index (χ0n) is 12.6. The smallest absolute Gasteiger partial charge is 0.0327 e. The Balaban J connectivity index is 1.81. The molecule has 3 N–H and O–H groups in total. The summed E-state index contributed by atoms with van der Waals surface area (Å²) in [6.07, 6.45) is 0.969. The number of hydrogen-bond donors (Lipinski definition) is 2. The third-order valence-corrected chi connectivity index (χ3v) is 5.67. The predicted octanol–water partition coefficient (Wildman–Crippen LogP) is 3.57. The molecule has 0 saturated carbocycles. The summed E-state index contributed by atoms with van der Waals surface area (Å²) < 4.78 is 0. The van der Waals surface area contributed by atoms with E-state index < -0.39 is 0 Å². The highest BCUT2D eigenvalue weighted by Crippen LogP contribution is 2.41. The number of fused-ring (bicyclic) bond motifs is 1. The van der Waals surface area contributed by atoms with E-state index in [-0.39, 0.29) is 6.04 Å². The first-order chi connectivity index (χ1) is 10.2. The molecule has 2 atom stereocenters. The number of hydrazine groups is 1. The van der Waals surface area contributed by atoms with Gasteiger partial charge in [-0.25, -0.2) is 0 Å². The molecule has 0 saturated heterocycles. The van der Waals surface area contributed by atoms with Crippen molar-refractivity contribution in [2.45, 2.75) is 37.1 Å². The molecule has 0 bridgehead atoms. The molecular formula is C18H22N2S. The third-order valence-electron chi connectivity index (χ3n) is 4.46. The fourth-order valence-electron chi connectivity index (χ4n) is 3.02. The Morgan fingerprint density at radius 3 is 2.76 bits per heavy atom. The van der Waals surface area contributed by atoms with Crippen LogP contribution in [0.2, 0.25) is 0 Å². The van der Waals surface area contributed by atoms with Gasteiger partial charge in [-0.2, -0.15) is 0 Å². The average molecular weight is 298 g/mol. The second kappa shape index (κ2) is 6.22. The molecule has 1 heterocycles. The summed E-state index contributed by atoms with van der Waals surface area (Å²) in [6, 6.07) is 15.7. The van der Waals surface area contributed by atoms with E-state index in [1.807, 2.05) is 11.8 Å². The average Bonchev–Trinajstić information content (AvgIpc) is 2.92. The summed E-state index contributed by atoms with van der Waals surface area (Å²) in [6.45, 7) is 4.33. The van der Waals surface area contributed by atoms with Crippen LogP contribution >= 0.6 is 11.8 Å². The highest BCUT2D eigenvalue weighted by atomic mass is 32.2. The van der Waals surface area contributed by atoms with E-state index in [0.717, 1.165) is 12.2 Å². The van der Waals surface area contributed by atoms with Crippen molar-refractivity contribution in [3.8, 4) is 0 Å². The molecule has 0 amide bonds. The minimum atomic E-state index is 0.281. The van der Waals surface area contributed by atoms with Crippen LogP contribution in [0.3, 0.4) is 0 Å². The van der Waals surface area contributed by atoms with Gasteiger partial charge < -0.3 is 0 Å². The van der Waals surface area contributed by atoms with Crippen LogP contribution in [0.5, 0.6) is 0 Å². The minimum Gasteiger partial charge on any atom is -0.271 e. The van der Waals surface area contributed by atoms with Gasteiger partial charge in [-0.05, 0) is 48.6 Å². The number of aryl methyl sites for hydroxylation is 2. The molecule has 0 aliphatic carbocycles. The largest absolute Gasteiger partial charge is 0.271 e. The lowest BCUT2D eigenvalue weighted by Crippen LogP contribution is -2.41. The van der Waals surface area contributed by atoms with Crippen molar-refractivity contribution in [1.82, 2.24) is 5.43 Å². The number of nitrogens with one attached hydrogen (secondary N) is 1. The van der Waals surface area contributed by atoms with Crippen LogP contribution in [0.15, 0.2) is 47.4 Å². The van der Waals surface area contributed by atoms with E-state index in [4.69, 9.17) is 5.84 Å². The van der Waals surface area contributed by atoms with E-state index in [2.05, 4.69) is 61.7 Å². The zero-order chi connectivity index (χ0) is 14.8. The van der Waals surface area contributed by atoms with Gasteiger partial charge in [0.05, 0.1) is 0 Å². The molecule has 110 valence electrons. The monoisotopic (exact) mass is 298 g/mol. The van der Waals surface area contributed by atoms with E-state index in [1.165, 1.54) is 27.1 Å². The van der Waals surface area contributed by atoms with Crippen molar-refractivity contribution in [3.63, 3.8) is 0 Å². The van der Waals surface area contributed by atoms with Crippen molar-refractivity contribution in [3.05, 3.63) is 64.7 Å². The molecule has 2 nitrogen and oxygen atoms in total. The fourth-order valence-corrected chi connectivity index (χ4v) is 4.35. The van der Waals surface area contributed by atoms with Crippen molar-refractivity contribution in [2.24, 2.45) is 5.84 Å². The molecule has 21 heavy (non-hydrogen) atoms. The first-order valence-corrected chi connectivity index (χ1v) is 8.41. The van der Waals surface area contributed by atoms with E-state index in [0.29, 0.717) is 5.92 Å². The summed E-state index contributed by atoms with van der Waals surface area (Å²) in [7, 11) is 0. The van der Waals surface area contributed by atoms with Gasteiger partial charge in [0.2, 0.25) is 0 Å². The van der Waals surface area contributed by atoms with Crippen LogP contribution in [0.4, 0.5) is 0 Å². The van der Waals surface area contributed by atoms with Gasteiger partial charge in [0.1, 0.15) is 0 Å². The lowest BCUT2D eigenvalue weighted by molar-refractivity contribution is 0.463. The van der Waals surface area contributed by atoms with E-state index in [9.17, 15) is 0 Å². The van der Waals surface area contributed by atoms with Gasteiger partial charge >= 0.3 is 0 Å². The molecule has 0 aromatic heterocycles. The predicted molar refractivity (Wildman–Crippen MR) is 90.6 cm³/mol. The van der Waals surface area contributed by atoms with Crippen LogP contribution in [0, 0.1) is 13.8 Å². The van der Waals surface area contributed by atoms with Crippen molar-refractivity contribution in [2.75, 3.05) is 5.75 Å². The van der Waals surface area contributed by atoms with Crippen LogP contribution in [-0.2, 0) is 6.42 Å². The summed E-state index contributed by atoms with van der Waals surface area (Å²) in [5, 5.41) is 0. The van der Waals surface area contributed by atoms with Crippen LogP contribution in [-0.4, -0.2) is 11.8 Å². The normalized spacial score (nSPS) is 18.5. The molecule has 1 aliphatic heterocycles. The van der Waals surface area contributed by atoms with Crippen LogP contribution in [0.25, 0.3) is 0 Å². The summed E-state index contributed by atoms with van der Waals surface area (Å²) >= 11 is 1.94. The zero-order valence-corrected chi connectivity index (χ0v) is 13.4. The quantitative estimate of drug-likeness (QED) is 0.669. The standard InChI is InChI=1S/C18H22N2S/c1-12-7-8-14(9-13(12)2)10-17(20-19)16-11-21-18-6-4-3-5-15(16)18/h3-9,16-17,20H,10-11,19H2,1-2H3. The van der Waals surface area contributed by atoms with Gasteiger partial charge in [-0.3, -0.25) is 11.3 Å². The fraction of sp³-hybridized carbons (Fsp3) is 0.333. The van der Waals surface area contributed by atoms with Gasteiger partial charge in [0, 0.05) is 22.6 Å². The lowest BCUT2D eigenvalue weighted by Gasteiger charge is -2.23. The highest BCUT2D eigenvalue weighted by molar-refractivity contribution is 7.99. The van der Waals surface area contributed by atoms with Crippen LogP contribution < -0.4 is 11.3 Å². The first kappa shape index (κ1) is 14.6. The molecule has 3 heteroatoms. The Kier molecular flexibility index (Phi) is 4.34. The molecular weight excluding hydrogens is 276 g/mol. The molecule has 2 unspecified atom stereocenters. The summed E-state index contributed by atoms with van der Waals surface area (Å²) in [4.78, 5) is 1.41. The molecule has 2 aromatic carbocycles. The van der Waals surface area contributed by atoms with E-state index in [1.54, 1.807) is 0 Å². The molecule has 0 fully saturated rings. The second-order valence-corrected chi connectivity index (χ2v) is 6.91. The van der Waals surface area contributed by atoms with Gasteiger partial charge in [0.25, 0.3) is 0 Å². The van der Waals surface area contributed by atoms with Gasteiger partial charge in [0.15, 0.2) is 0 Å². The summed E-state index contributed by atoms with van der Waals surface area (Å²) in [5.41, 5.74) is 8.55. The van der Waals surface area contributed by atoms with Gasteiger partial charge in [-0.15, -0.1) is 11.8 Å². The molecule has 3 rings (SSSR count). The third kappa shape index (κ3) is 3.00. The summed E-state index contributed by atoms with van der Waals surface area (Å²) in [5.74, 6) is 7.46. The maximum absolute atomic E-state index is 5.87. The number of benzene rings is 2. The molecule has 0 radical (unpaired) electrons. The molecule has 2 aromatic rings. The Hall–Kier alpha value is -1.29. The Morgan fingerprint density at radius 2 is 2.00 bits per heavy atom. The number of rotatable bonds is 4. The van der Waals surface area contributed by atoms with Gasteiger partial charge in [-0.1, -0.05) is 36.4 Å². The van der Waals surface area contributed by atoms with Crippen LogP contribution in [0.1, 0.15) is 28.2 Å². The number of nitrogens with two attached hydrogens (primary N) is 1. The van der Waals surface area contributed by atoms with Crippen molar-refractivity contribution < 1.29 is 0 Å². The highest BCUT2D eigenvalue weighted by Gasteiger charge is 2.29. The Morgan fingerprint density at radius 1 is 1.19 bits per heavy atom. The Labute approximate surface area is 131 Å². The SMILES string of the molecule is Cc1ccc(CC(NN)C2CSc3ccccc32)cc1C. The van der Waals surface area contributed by atoms with Crippen molar-refractivity contribution >= 4 is 11.8 Å². The molecule has 1 aliphatic rings. The second-order valence-electron chi connectivity index (χ2n) is 5.85. The van der Waals surface area contributed by atoms with E-state index >= 15 is 0 Å². The maximum Gasteiger partial charge on any atom is 0.0327 e. The lowest BCUT2D eigenvalue weighted by atomic mass is 9.89. The number of thioether (sulfide) groups is 1. The Bertz CT molecular complexity index is 639. The van der Waals surface area contributed by atoms with Crippen molar-refractivity contribution in [1.29, 1.82) is 0 Å². The number of hydrogen-bond acceptors (Lipinski definition) is 3. The molecule has 0 spiro atoms. The topological polar surface area (TPSA) is 38.0 Å². The maximum atomic E-state index is 5.87. The first-order valence-electron chi connectivity index (χ1n) is 7.43. The minimum absolute atomic E-state index is 0.281.